The van der Waals surface area contributed by atoms with Gasteiger partial charge in [0.05, 0.1) is 34.7 Å². The molecular weight excluding hydrogens is 382 g/mol. The fourth-order valence-corrected chi connectivity index (χ4v) is 5.93. The Labute approximate surface area is 176 Å². The number of thiazole rings is 1. The van der Waals surface area contributed by atoms with Gasteiger partial charge in [-0.15, -0.1) is 11.3 Å². The molecule has 5 rings (SSSR count). The van der Waals surface area contributed by atoms with Gasteiger partial charge in [0, 0.05) is 49.2 Å². The van der Waals surface area contributed by atoms with E-state index in [0.717, 1.165) is 42.5 Å². The SMILES string of the molecule is Cc1nc(CN2CC[C@]3(CN(C4CCC4)C[C@H]3c3cn(C(C)C)cn3)C2=O)cs1. The number of carbonyl (C=O) groups excluding carboxylic acids is 1. The van der Waals surface area contributed by atoms with Gasteiger partial charge in [0.25, 0.3) is 0 Å². The average Bonchev–Trinajstić information content (AvgIpc) is 3.39. The van der Waals surface area contributed by atoms with E-state index in [2.05, 4.69) is 39.9 Å². The lowest BCUT2D eigenvalue weighted by atomic mass is 9.75. The number of likely N-dealkylation sites (tertiary alicyclic amines) is 2. The fraction of sp³-hybridized carbons (Fsp3) is 0.682. The highest BCUT2D eigenvalue weighted by atomic mass is 32.1. The van der Waals surface area contributed by atoms with Crippen LogP contribution in [0.15, 0.2) is 17.9 Å². The summed E-state index contributed by atoms with van der Waals surface area (Å²) in [5, 5.41) is 3.15. The zero-order valence-electron chi connectivity index (χ0n) is 17.7. The lowest BCUT2D eigenvalue weighted by molar-refractivity contribution is -0.136. The summed E-state index contributed by atoms with van der Waals surface area (Å²) >= 11 is 1.66. The van der Waals surface area contributed by atoms with Crippen LogP contribution in [0.3, 0.4) is 0 Å². The van der Waals surface area contributed by atoms with Gasteiger partial charge in [0.2, 0.25) is 5.91 Å². The highest BCUT2D eigenvalue weighted by Gasteiger charge is 2.58. The van der Waals surface area contributed by atoms with E-state index in [1.807, 2.05) is 18.2 Å². The van der Waals surface area contributed by atoms with Crippen LogP contribution in [-0.4, -0.2) is 55.9 Å². The number of aromatic nitrogens is 3. The van der Waals surface area contributed by atoms with E-state index in [1.165, 1.54) is 19.3 Å². The van der Waals surface area contributed by atoms with Crippen molar-refractivity contribution in [1.29, 1.82) is 0 Å². The van der Waals surface area contributed by atoms with Gasteiger partial charge in [-0.1, -0.05) is 6.42 Å². The van der Waals surface area contributed by atoms with E-state index in [0.29, 0.717) is 24.5 Å². The molecule has 0 bridgehead atoms. The molecule has 4 heterocycles. The van der Waals surface area contributed by atoms with Crippen LogP contribution in [0.25, 0.3) is 0 Å². The highest BCUT2D eigenvalue weighted by molar-refractivity contribution is 7.09. The second kappa shape index (κ2) is 7.20. The first-order valence-corrected chi connectivity index (χ1v) is 11.8. The molecule has 3 fully saturated rings. The smallest absolute Gasteiger partial charge is 0.231 e. The molecule has 7 heteroatoms. The molecule has 2 atom stereocenters. The number of rotatable bonds is 5. The predicted molar refractivity (Wildman–Crippen MR) is 114 cm³/mol. The van der Waals surface area contributed by atoms with Gasteiger partial charge < -0.3 is 9.47 Å². The predicted octanol–water partition coefficient (Wildman–Crippen LogP) is 3.60. The van der Waals surface area contributed by atoms with Gasteiger partial charge in [-0.05, 0) is 40.0 Å². The summed E-state index contributed by atoms with van der Waals surface area (Å²) in [6.07, 6.45) is 8.93. The van der Waals surface area contributed by atoms with Crippen LogP contribution < -0.4 is 0 Å². The number of hydrogen-bond donors (Lipinski definition) is 0. The molecule has 1 saturated carbocycles. The third kappa shape index (κ3) is 3.22. The number of hydrogen-bond acceptors (Lipinski definition) is 5. The molecule has 2 aromatic rings. The third-order valence-corrected chi connectivity index (χ3v) is 8.12. The van der Waals surface area contributed by atoms with Crippen LogP contribution >= 0.6 is 11.3 Å². The van der Waals surface area contributed by atoms with Crippen LogP contribution in [0, 0.1) is 12.3 Å². The van der Waals surface area contributed by atoms with Crippen molar-refractivity contribution in [2.45, 2.75) is 71.0 Å². The van der Waals surface area contributed by atoms with Crippen LogP contribution in [-0.2, 0) is 11.3 Å². The largest absolute Gasteiger partial charge is 0.336 e. The van der Waals surface area contributed by atoms with Crippen molar-refractivity contribution in [3.63, 3.8) is 0 Å². The number of nitrogens with zero attached hydrogens (tertiary/aromatic N) is 5. The quantitative estimate of drug-likeness (QED) is 0.752. The Morgan fingerprint density at radius 1 is 1.34 bits per heavy atom. The first kappa shape index (κ1) is 19.2. The molecule has 2 aliphatic heterocycles. The Morgan fingerprint density at radius 2 is 2.17 bits per heavy atom. The van der Waals surface area contributed by atoms with Crippen molar-refractivity contribution in [3.05, 3.63) is 34.3 Å². The summed E-state index contributed by atoms with van der Waals surface area (Å²) < 4.78 is 2.17. The summed E-state index contributed by atoms with van der Waals surface area (Å²) in [4.78, 5) is 27.8. The lowest BCUT2D eigenvalue weighted by Gasteiger charge is -2.35. The summed E-state index contributed by atoms with van der Waals surface area (Å²) in [7, 11) is 0. The molecular formula is C22H31N5OS. The average molecular weight is 414 g/mol. The minimum absolute atomic E-state index is 0.192. The van der Waals surface area contributed by atoms with Crippen molar-refractivity contribution in [2.75, 3.05) is 19.6 Å². The molecule has 2 aromatic heterocycles. The topological polar surface area (TPSA) is 54.3 Å². The Morgan fingerprint density at radius 3 is 2.79 bits per heavy atom. The van der Waals surface area contributed by atoms with Crippen molar-refractivity contribution in [3.8, 4) is 0 Å². The molecule has 29 heavy (non-hydrogen) atoms. The van der Waals surface area contributed by atoms with E-state index in [4.69, 9.17) is 4.98 Å². The molecule has 2 saturated heterocycles. The summed E-state index contributed by atoms with van der Waals surface area (Å²) in [6.45, 7) is 9.70. The van der Waals surface area contributed by atoms with Crippen LogP contribution in [0.5, 0.6) is 0 Å². The Balaban J connectivity index is 1.43. The minimum Gasteiger partial charge on any atom is -0.336 e. The van der Waals surface area contributed by atoms with E-state index >= 15 is 0 Å². The Bertz CT molecular complexity index is 901. The second-order valence-corrected chi connectivity index (χ2v) is 10.5. The monoisotopic (exact) mass is 413 g/mol. The summed E-state index contributed by atoms with van der Waals surface area (Å²) in [5.74, 6) is 0.506. The van der Waals surface area contributed by atoms with E-state index in [1.54, 1.807) is 11.3 Å². The molecule has 6 nitrogen and oxygen atoms in total. The zero-order valence-corrected chi connectivity index (χ0v) is 18.5. The molecule has 1 amide bonds. The first-order chi connectivity index (χ1) is 14.0. The summed E-state index contributed by atoms with van der Waals surface area (Å²) in [5.41, 5.74) is 1.80. The molecule has 0 N–H and O–H groups in total. The minimum atomic E-state index is -0.323. The van der Waals surface area contributed by atoms with Gasteiger partial charge in [-0.25, -0.2) is 9.97 Å². The normalized spacial score (nSPS) is 28.2. The number of amides is 1. The highest BCUT2D eigenvalue weighted by Crippen LogP contribution is 2.51. The molecule has 156 valence electrons. The lowest BCUT2D eigenvalue weighted by Crippen LogP contribution is -2.42. The first-order valence-electron chi connectivity index (χ1n) is 10.9. The maximum absolute atomic E-state index is 13.8. The van der Waals surface area contributed by atoms with Crippen molar-refractivity contribution in [2.24, 2.45) is 5.41 Å². The maximum Gasteiger partial charge on any atom is 0.231 e. The van der Waals surface area contributed by atoms with Gasteiger partial charge in [-0.2, -0.15) is 0 Å². The van der Waals surface area contributed by atoms with E-state index in [9.17, 15) is 4.79 Å². The van der Waals surface area contributed by atoms with E-state index < -0.39 is 0 Å². The molecule has 0 aromatic carbocycles. The number of imidazole rings is 1. The van der Waals surface area contributed by atoms with Crippen LogP contribution in [0.4, 0.5) is 0 Å². The zero-order chi connectivity index (χ0) is 20.2. The molecule has 0 radical (unpaired) electrons. The van der Waals surface area contributed by atoms with Crippen molar-refractivity contribution in [1.82, 2.24) is 24.3 Å². The van der Waals surface area contributed by atoms with Gasteiger partial charge in [0.1, 0.15) is 0 Å². The van der Waals surface area contributed by atoms with Crippen molar-refractivity contribution >= 4 is 17.2 Å². The fourth-order valence-electron chi connectivity index (χ4n) is 5.32. The maximum atomic E-state index is 13.8. The number of aryl methyl sites for hydroxylation is 1. The van der Waals surface area contributed by atoms with Crippen molar-refractivity contribution < 1.29 is 4.79 Å². The van der Waals surface area contributed by atoms with Crippen LogP contribution in [0.2, 0.25) is 0 Å². The van der Waals surface area contributed by atoms with Gasteiger partial charge in [-0.3, -0.25) is 9.69 Å². The number of carbonyl (C=O) groups is 1. The van der Waals surface area contributed by atoms with Gasteiger partial charge >= 0.3 is 0 Å². The van der Waals surface area contributed by atoms with Gasteiger partial charge in [0.15, 0.2) is 0 Å². The standard InChI is InChI=1S/C22H31N5OS/c1-15(2)27-11-20(23-14-27)19-10-26(18-5-4-6-18)13-22(19)7-8-25(21(22)28)9-17-12-29-16(3)24-17/h11-12,14-15,18-19H,4-10,13H2,1-3H3/t19-,22+/m0/s1. The molecule has 1 spiro atoms. The molecule has 3 aliphatic rings. The molecule has 1 aliphatic carbocycles. The summed E-state index contributed by atoms with van der Waals surface area (Å²) in [6, 6.07) is 1.05. The third-order valence-electron chi connectivity index (χ3n) is 7.30. The molecule has 0 unspecified atom stereocenters. The van der Waals surface area contributed by atoms with E-state index in [-0.39, 0.29) is 11.3 Å². The van der Waals surface area contributed by atoms with Crippen LogP contribution in [0.1, 0.15) is 67.9 Å². The second-order valence-electron chi connectivity index (χ2n) is 9.40. The Hall–Kier alpha value is -1.73. The Kier molecular flexibility index (Phi) is 4.78.